The Balaban J connectivity index is 1.14. The van der Waals surface area contributed by atoms with Crippen LogP contribution in [0.5, 0.6) is 5.88 Å². The Morgan fingerprint density at radius 3 is 2.70 bits per heavy atom. The van der Waals surface area contributed by atoms with E-state index in [0.29, 0.717) is 35.6 Å². The number of imidazole rings is 1. The summed E-state index contributed by atoms with van der Waals surface area (Å²) in [5, 5.41) is 10.5. The lowest BCUT2D eigenvalue weighted by Gasteiger charge is -2.29. The van der Waals surface area contributed by atoms with Crippen LogP contribution in [0.1, 0.15) is 40.3 Å². The Hall–Kier alpha value is -3.43. The standard InChI is InChI=1S/C30H28Cl2N4O4/c31-23-6-4-19(14-24(23)32)18-40-29-3-1-2-25(34-29)20-8-11-35(12-9-20)17-28-33-26-7-5-21(30(37)38)15-27(26)36(28)16-22-10-13-39-22/h1-8,14-15,22H,9-13,16-18H2,(H,37,38)/t22-/m0/s1. The molecule has 2 aliphatic heterocycles. The molecule has 4 heterocycles. The zero-order chi connectivity index (χ0) is 27.6. The lowest BCUT2D eigenvalue weighted by atomic mass is 10.0. The van der Waals surface area contributed by atoms with E-state index in [1.807, 2.05) is 24.3 Å². The molecule has 2 aromatic heterocycles. The molecule has 1 fully saturated rings. The molecule has 8 nitrogen and oxygen atoms in total. The molecule has 0 aliphatic carbocycles. The quantitative estimate of drug-likeness (QED) is 0.257. The summed E-state index contributed by atoms with van der Waals surface area (Å²) in [5.41, 5.74) is 4.90. The molecule has 1 atom stereocenters. The van der Waals surface area contributed by atoms with Crippen molar-refractivity contribution in [3.05, 3.63) is 93.4 Å². The molecule has 6 rings (SSSR count). The lowest BCUT2D eigenvalue weighted by molar-refractivity contribution is -0.0591. The summed E-state index contributed by atoms with van der Waals surface area (Å²) in [7, 11) is 0. The van der Waals surface area contributed by atoms with Gasteiger partial charge in [-0.1, -0.05) is 41.4 Å². The summed E-state index contributed by atoms with van der Waals surface area (Å²) in [6.07, 6.45) is 4.18. The van der Waals surface area contributed by atoms with Crippen molar-refractivity contribution in [3.8, 4) is 5.88 Å². The van der Waals surface area contributed by atoms with Crippen LogP contribution in [0, 0.1) is 0 Å². The van der Waals surface area contributed by atoms with Crippen LogP contribution in [0.4, 0.5) is 0 Å². The average molecular weight is 579 g/mol. The normalized spacial score (nSPS) is 17.4. The lowest BCUT2D eigenvalue weighted by Crippen LogP contribution is -2.33. The molecular weight excluding hydrogens is 551 g/mol. The van der Waals surface area contributed by atoms with E-state index in [4.69, 9.17) is 42.6 Å². The smallest absolute Gasteiger partial charge is 0.335 e. The minimum absolute atomic E-state index is 0.134. The van der Waals surface area contributed by atoms with Gasteiger partial charge in [0.05, 0.1) is 51.5 Å². The van der Waals surface area contributed by atoms with E-state index in [1.54, 1.807) is 30.3 Å². The average Bonchev–Trinajstić information content (AvgIpc) is 3.27. The van der Waals surface area contributed by atoms with Gasteiger partial charge >= 0.3 is 5.97 Å². The molecule has 0 radical (unpaired) electrons. The molecule has 4 aromatic rings. The van der Waals surface area contributed by atoms with Crippen molar-refractivity contribution in [2.75, 3.05) is 19.7 Å². The molecule has 0 unspecified atom stereocenters. The number of carboxylic acid groups (broad SMARTS) is 1. The molecule has 10 heteroatoms. The maximum absolute atomic E-state index is 11.6. The molecule has 0 amide bonds. The number of carbonyl (C=O) groups is 1. The first-order chi connectivity index (χ1) is 19.4. The summed E-state index contributed by atoms with van der Waals surface area (Å²) >= 11 is 12.1. The van der Waals surface area contributed by atoms with Gasteiger partial charge in [-0.25, -0.2) is 14.8 Å². The van der Waals surface area contributed by atoms with Gasteiger partial charge in [0.1, 0.15) is 12.4 Å². The minimum atomic E-state index is -0.942. The largest absolute Gasteiger partial charge is 0.478 e. The number of benzene rings is 2. The van der Waals surface area contributed by atoms with E-state index in [0.717, 1.165) is 60.7 Å². The van der Waals surface area contributed by atoms with Crippen molar-refractivity contribution >= 4 is 45.8 Å². The Kier molecular flexibility index (Phi) is 7.76. The second-order valence-corrected chi connectivity index (χ2v) is 10.9. The van der Waals surface area contributed by atoms with E-state index >= 15 is 0 Å². The molecule has 1 saturated heterocycles. The zero-order valence-electron chi connectivity index (χ0n) is 21.7. The number of pyridine rings is 1. The zero-order valence-corrected chi connectivity index (χ0v) is 23.2. The van der Waals surface area contributed by atoms with Crippen LogP contribution in [0.2, 0.25) is 10.0 Å². The van der Waals surface area contributed by atoms with Gasteiger partial charge in [0.25, 0.3) is 0 Å². The Morgan fingerprint density at radius 2 is 1.98 bits per heavy atom. The SMILES string of the molecule is O=C(O)c1ccc2nc(CN3CC=C(c4cccc(OCc5ccc(Cl)c(Cl)c5)n4)CC3)n(C[C@@H]3CCO3)c2c1. The number of hydrogen-bond donors (Lipinski definition) is 1. The van der Waals surface area contributed by atoms with Gasteiger partial charge < -0.3 is 19.1 Å². The van der Waals surface area contributed by atoms with Crippen LogP contribution >= 0.6 is 23.2 Å². The van der Waals surface area contributed by atoms with Gasteiger partial charge in [0, 0.05) is 25.8 Å². The number of aromatic carboxylic acids is 1. The third-order valence-corrected chi connectivity index (χ3v) is 8.07. The number of halogens is 2. The Labute approximate surface area is 241 Å². The predicted molar refractivity (Wildman–Crippen MR) is 154 cm³/mol. The van der Waals surface area contributed by atoms with Gasteiger partial charge in [-0.3, -0.25) is 4.90 Å². The summed E-state index contributed by atoms with van der Waals surface area (Å²) in [6, 6.07) is 16.4. The van der Waals surface area contributed by atoms with Gasteiger partial charge in [0.2, 0.25) is 5.88 Å². The third kappa shape index (κ3) is 5.86. The second kappa shape index (κ2) is 11.6. The fourth-order valence-electron chi connectivity index (χ4n) is 5.01. The van der Waals surface area contributed by atoms with Crippen LogP contribution in [-0.4, -0.2) is 56.3 Å². The molecule has 0 bridgehead atoms. The summed E-state index contributed by atoms with van der Waals surface area (Å²) in [6.45, 7) is 4.06. The van der Waals surface area contributed by atoms with Crippen molar-refractivity contribution in [1.29, 1.82) is 0 Å². The first-order valence-electron chi connectivity index (χ1n) is 13.2. The number of fused-ring (bicyclic) bond motifs is 1. The highest BCUT2D eigenvalue weighted by Crippen LogP contribution is 2.27. The second-order valence-electron chi connectivity index (χ2n) is 10.0. The van der Waals surface area contributed by atoms with Crippen LogP contribution in [-0.2, 0) is 24.4 Å². The van der Waals surface area contributed by atoms with Crippen molar-refractivity contribution in [1.82, 2.24) is 19.4 Å². The molecule has 1 N–H and O–H groups in total. The Bertz CT molecular complexity index is 1600. The minimum Gasteiger partial charge on any atom is -0.478 e. The summed E-state index contributed by atoms with van der Waals surface area (Å²) < 4.78 is 13.7. The monoisotopic (exact) mass is 578 g/mol. The number of rotatable bonds is 9. The molecule has 2 aromatic carbocycles. The van der Waals surface area contributed by atoms with Crippen LogP contribution in [0.15, 0.2) is 60.7 Å². The molecule has 0 saturated carbocycles. The fourth-order valence-corrected chi connectivity index (χ4v) is 5.33. The highest BCUT2D eigenvalue weighted by Gasteiger charge is 2.24. The molecule has 0 spiro atoms. The van der Waals surface area contributed by atoms with Gasteiger partial charge in [-0.05, 0) is 60.4 Å². The predicted octanol–water partition coefficient (Wildman–Crippen LogP) is 6.09. The summed E-state index contributed by atoms with van der Waals surface area (Å²) in [5.74, 6) is 0.530. The van der Waals surface area contributed by atoms with Gasteiger partial charge in [-0.2, -0.15) is 0 Å². The number of ether oxygens (including phenoxy) is 2. The maximum Gasteiger partial charge on any atom is 0.335 e. The first kappa shape index (κ1) is 26.8. The molecular formula is C30H28Cl2N4O4. The molecule has 206 valence electrons. The summed E-state index contributed by atoms with van der Waals surface area (Å²) in [4.78, 5) is 23.5. The highest BCUT2D eigenvalue weighted by atomic mass is 35.5. The van der Waals surface area contributed by atoms with E-state index in [9.17, 15) is 9.90 Å². The Morgan fingerprint density at radius 1 is 1.10 bits per heavy atom. The molecule has 40 heavy (non-hydrogen) atoms. The highest BCUT2D eigenvalue weighted by molar-refractivity contribution is 6.42. The number of hydrogen-bond acceptors (Lipinski definition) is 6. The van der Waals surface area contributed by atoms with E-state index < -0.39 is 5.97 Å². The topological polar surface area (TPSA) is 89.7 Å². The van der Waals surface area contributed by atoms with Crippen molar-refractivity contribution in [2.24, 2.45) is 0 Å². The van der Waals surface area contributed by atoms with Gasteiger partial charge in [0.15, 0.2) is 0 Å². The number of aromatic nitrogens is 3. The van der Waals surface area contributed by atoms with E-state index in [-0.39, 0.29) is 11.7 Å². The number of nitrogens with zero attached hydrogens (tertiary/aromatic N) is 4. The van der Waals surface area contributed by atoms with Crippen molar-refractivity contribution < 1.29 is 19.4 Å². The van der Waals surface area contributed by atoms with E-state index in [2.05, 4.69) is 15.5 Å². The van der Waals surface area contributed by atoms with Gasteiger partial charge in [-0.15, -0.1) is 0 Å². The van der Waals surface area contributed by atoms with Crippen LogP contribution in [0.3, 0.4) is 0 Å². The van der Waals surface area contributed by atoms with Crippen molar-refractivity contribution in [3.63, 3.8) is 0 Å². The maximum atomic E-state index is 11.6. The van der Waals surface area contributed by atoms with E-state index in [1.165, 1.54) is 5.57 Å². The third-order valence-electron chi connectivity index (χ3n) is 7.34. The van der Waals surface area contributed by atoms with Crippen LogP contribution < -0.4 is 4.74 Å². The number of carboxylic acids is 1. The fraction of sp³-hybridized carbons (Fsp3) is 0.300. The van der Waals surface area contributed by atoms with Crippen LogP contribution in [0.25, 0.3) is 16.6 Å². The van der Waals surface area contributed by atoms with Crippen molar-refractivity contribution in [2.45, 2.75) is 38.6 Å². The molecule has 2 aliphatic rings. The first-order valence-corrected chi connectivity index (χ1v) is 14.0.